The Morgan fingerprint density at radius 2 is 1.55 bits per heavy atom. The van der Waals surface area contributed by atoms with E-state index in [0.717, 1.165) is 5.69 Å². The Bertz CT molecular complexity index is 1140. The number of carbonyl (C=O) groups is 2. The van der Waals surface area contributed by atoms with Gasteiger partial charge in [-0.3, -0.25) is 4.79 Å². The molecule has 3 aromatic carbocycles. The van der Waals surface area contributed by atoms with Gasteiger partial charge in [-0.25, -0.2) is 9.18 Å². The zero-order valence-electron chi connectivity index (χ0n) is 18.1. The Kier molecular flexibility index (Phi) is 6.44. The first-order valence-corrected chi connectivity index (χ1v) is 10.5. The molecule has 0 saturated carbocycles. The number of hydrogen-bond acceptors (Lipinski definition) is 5. The zero-order chi connectivity index (χ0) is 23.4. The maximum Gasteiger partial charge on any atom is 0.337 e. The molecule has 0 aliphatic carbocycles. The van der Waals surface area contributed by atoms with Crippen LogP contribution < -0.4 is 19.9 Å². The highest BCUT2D eigenvalue weighted by Crippen LogP contribution is 2.27. The molecule has 170 valence electrons. The van der Waals surface area contributed by atoms with Crippen LogP contribution in [0.1, 0.15) is 20.7 Å². The van der Waals surface area contributed by atoms with E-state index in [0.29, 0.717) is 48.9 Å². The predicted octanol–water partition coefficient (Wildman–Crippen LogP) is 4.11. The number of carbonyl (C=O) groups excluding carboxylic acids is 1. The molecule has 1 amide bonds. The van der Waals surface area contributed by atoms with E-state index in [4.69, 9.17) is 4.74 Å². The number of nitrogens with one attached hydrogen (secondary N) is 1. The molecule has 0 aromatic heterocycles. The summed E-state index contributed by atoms with van der Waals surface area (Å²) in [7, 11) is 1.55. The van der Waals surface area contributed by atoms with E-state index >= 15 is 0 Å². The van der Waals surface area contributed by atoms with Crippen molar-refractivity contribution in [1.29, 1.82) is 0 Å². The first-order valence-electron chi connectivity index (χ1n) is 10.5. The second kappa shape index (κ2) is 9.60. The van der Waals surface area contributed by atoms with Gasteiger partial charge in [-0.2, -0.15) is 0 Å². The third kappa shape index (κ3) is 5.06. The monoisotopic (exact) mass is 449 g/mol. The van der Waals surface area contributed by atoms with Crippen molar-refractivity contribution in [3.63, 3.8) is 0 Å². The van der Waals surface area contributed by atoms with Crippen molar-refractivity contribution in [1.82, 2.24) is 0 Å². The van der Waals surface area contributed by atoms with E-state index in [1.807, 2.05) is 4.90 Å². The second-order valence-corrected chi connectivity index (χ2v) is 7.67. The highest BCUT2D eigenvalue weighted by Gasteiger charge is 2.22. The van der Waals surface area contributed by atoms with Crippen LogP contribution in [0.3, 0.4) is 0 Å². The lowest BCUT2D eigenvalue weighted by Crippen LogP contribution is -2.47. The van der Waals surface area contributed by atoms with Crippen molar-refractivity contribution >= 4 is 28.9 Å². The molecule has 7 nitrogen and oxygen atoms in total. The highest BCUT2D eigenvalue weighted by atomic mass is 19.1. The molecule has 1 saturated heterocycles. The molecule has 1 heterocycles. The summed E-state index contributed by atoms with van der Waals surface area (Å²) in [5.74, 6) is -1.03. The van der Waals surface area contributed by atoms with Gasteiger partial charge < -0.3 is 25.0 Å². The Morgan fingerprint density at radius 1 is 0.909 bits per heavy atom. The van der Waals surface area contributed by atoms with Crippen molar-refractivity contribution < 1.29 is 23.8 Å². The molecule has 8 heteroatoms. The van der Waals surface area contributed by atoms with E-state index < -0.39 is 5.97 Å². The van der Waals surface area contributed by atoms with Crippen LogP contribution in [0.2, 0.25) is 0 Å². The fourth-order valence-corrected chi connectivity index (χ4v) is 3.86. The van der Waals surface area contributed by atoms with Gasteiger partial charge in [0.15, 0.2) is 0 Å². The number of benzene rings is 3. The van der Waals surface area contributed by atoms with Crippen LogP contribution in [0.5, 0.6) is 5.75 Å². The van der Waals surface area contributed by atoms with Gasteiger partial charge in [-0.15, -0.1) is 0 Å². The Labute approximate surface area is 191 Å². The Hall–Kier alpha value is -4.07. The zero-order valence-corrected chi connectivity index (χ0v) is 18.1. The van der Waals surface area contributed by atoms with Gasteiger partial charge in [0, 0.05) is 43.1 Å². The van der Waals surface area contributed by atoms with Crippen LogP contribution >= 0.6 is 0 Å². The summed E-state index contributed by atoms with van der Waals surface area (Å²) in [5.41, 5.74) is 2.50. The molecular weight excluding hydrogens is 425 g/mol. The molecule has 2 N–H and O–H groups in total. The fourth-order valence-electron chi connectivity index (χ4n) is 3.86. The Balaban J connectivity index is 1.46. The van der Waals surface area contributed by atoms with Crippen molar-refractivity contribution in [3.05, 3.63) is 83.7 Å². The summed E-state index contributed by atoms with van der Waals surface area (Å²) in [5, 5.41) is 12.5. The molecule has 1 aliphatic heterocycles. The molecule has 33 heavy (non-hydrogen) atoms. The van der Waals surface area contributed by atoms with E-state index in [9.17, 15) is 19.1 Å². The van der Waals surface area contributed by atoms with Crippen molar-refractivity contribution in [2.45, 2.75) is 0 Å². The van der Waals surface area contributed by atoms with E-state index in [1.165, 1.54) is 18.2 Å². The van der Waals surface area contributed by atoms with Crippen LogP contribution in [0.25, 0.3) is 0 Å². The number of methoxy groups -OCH3 is 1. The minimum absolute atomic E-state index is 0.123. The minimum atomic E-state index is -1.06. The van der Waals surface area contributed by atoms with Gasteiger partial charge in [0.25, 0.3) is 5.91 Å². The van der Waals surface area contributed by atoms with E-state index in [2.05, 4.69) is 10.2 Å². The lowest BCUT2D eigenvalue weighted by Gasteiger charge is -2.38. The number of hydrogen-bond donors (Lipinski definition) is 2. The fraction of sp³-hybridized carbons (Fsp3) is 0.200. The van der Waals surface area contributed by atoms with Crippen molar-refractivity contribution in [2.75, 3.05) is 48.4 Å². The molecule has 1 aliphatic rings. The molecule has 0 radical (unpaired) electrons. The topological polar surface area (TPSA) is 82.1 Å². The average molecular weight is 449 g/mol. The van der Waals surface area contributed by atoms with Crippen LogP contribution in [-0.2, 0) is 0 Å². The number of aromatic carboxylic acids is 1. The molecule has 4 rings (SSSR count). The minimum Gasteiger partial charge on any atom is -0.497 e. The molecule has 0 spiro atoms. The molecular formula is C25H24FN3O4. The lowest BCUT2D eigenvalue weighted by molar-refractivity contribution is 0.0697. The molecule has 0 unspecified atom stereocenters. The van der Waals surface area contributed by atoms with Crippen LogP contribution in [0.4, 0.5) is 21.5 Å². The second-order valence-electron chi connectivity index (χ2n) is 7.67. The lowest BCUT2D eigenvalue weighted by atomic mass is 10.1. The van der Waals surface area contributed by atoms with Crippen LogP contribution in [0, 0.1) is 5.82 Å². The standard InChI is InChI=1S/C25H24FN3O4/c1-33-21-9-2-17(3-10-21)24(30)27-19-6-11-23(22(16-19)25(31)32)29-14-12-28(13-15-29)20-7-4-18(26)5-8-20/h2-11,16H,12-15H2,1H3,(H,27,30)(H,31,32). The average Bonchev–Trinajstić information content (AvgIpc) is 2.84. The SMILES string of the molecule is COc1ccc(C(=O)Nc2ccc(N3CCN(c4ccc(F)cc4)CC3)c(C(=O)O)c2)cc1. The quantitative estimate of drug-likeness (QED) is 0.590. The number of amides is 1. The number of anilines is 3. The highest BCUT2D eigenvalue weighted by molar-refractivity contribution is 6.05. The van der Waals surface area contributed by atoms with Crippen molar-refractivity contribution in [3.8, 4) is 5.75 Å². The van der Waals surface area contributed by atoms with Gasteiger partial charge in [0.1, 0.15) is 11.6 Å². The molecule has 1 fully saturated rings. The van der Waals surface area contributed by atoms with Gasteiger partial charge in [-0.1, -0.05) is 0 Å². The van der Waals surface area contributed by atoms with Gasteiger partial charge >= 0.3 is 5.97 Å². The van der Waals surface area contributed by atoms with Gasteiger partial charge in [0.2, 0.25) is 0 Å². The number of halogens is 1. The summed E-state index contributed by atoms with van der Waals surface area (Å²) in [6.07, 6.45) is 0. The molecule has 0 atom stereocenters. The van der Waals surface area contributed by atoms with Crippen molar-refractivity contribution in [2.24, 2.45) is 0 Å². The first kappa shape index (κ1) is 22.1. The summed E-state index contributed by atoms with van der Waals surface area (Å²) >= 11 is 0. The number of nitrogens with zero attached hydrogens (tertiary/aromatic N) is 2. The van der Waals surface area contributed by atoms with Gasteiger partial charge in [-0.05, 0) is 66.7 Å². The number of piperazine rings is 1. The molecule has 3 aromatic rings. The smallest absolute Gasteiger partial charge is 0.337 e. The maximum atomic E-state index is 13.2. The van der Waals surface area contributed by atoms with Gasteiger partial charge in [0.05, 0.1) is 18.4 Å². The first-order chi connectivity index (χ1) is 15.9. The molecule has 0 bridgehead atoms. The third-order valence-corrected chi connectivity index (χ3v) is 5.65. The normalized spacial score (nSPS) is 13.5. The Morgan fingerprint density at radius 3 is 2.15 bits per heavy atom. The number of ether oxygens (including phenoxy) is 1. The number of rotatable bonds is 6. The van der Waals surface area contributed by atoms with Crippen LogP contribution in [0.15, 0.2) is 66.7 Å². The maximum absolute atomic E-state index is 13.2. The van der Waals surface area contributed by atoms with E-state index in [1.54, 1.807) is 55.6 Å². The van der Waals surface area contributed by atoms with Crippen LogP contribution in [-0.4, -0.2) is 50.3 Å². The van der Waals surface area contributed by atoms with E-state index in [-0.39, 0.29) is 17.3 Å². The summed E-state index contributed by atoms with van der Waals surface area (Å²) in [6.45, 7) is 2.60. The largest absolute Gasteiger partial charge is 0.497 e. The number of carboxylic acid groups (broad SMARTS) is 1. The number of carboxylic acids is 1. The summed E-state index contributed by atoms with van der Waals surface area (Å²) in [6, 6.07) is 17.9. The summed E-state index contributed by atoms with van der Waals surface area (Å²) < 4.78 is 18.3. The third-order valence-electron chi connectivity index (χ3n) is 5.65. The summed E-state index contributed by atoms with van der Waals surface area (Å²) in [4.78, 5) is 28.6. The predicted molar refractivity (Wildman–Crippen MR) is 125 cm³/mol.